The Bertz CT molecular complexity index is 438. The van der Waals surface area contributed by atoms with E-state index < -0.39 is 28.1 Å². The van der Waals surface area contributed by atoms with Crippen LogP contribution in [-0.2, 0) is 0 Å². The van der Waals surface area contributed by atoms with E-state index >= 15 is 0 Å². The molecule has 0 spiro atoms. The van der Waals surface area contributed by atoms with Crippen LogP contribution in [0, 0.1) is 15.9 Å². The summed E-state index contributed by atoms with van der Waals surface area (Å²) in [4.78, 5) is 20.9. The molecule has 0 aliphatic rings. The number of hydrogen-bond acceptors (Lipinski definition) is 3. The highest BCUT2D eigenvalue weighted by atomic mass is 79.9. The lowest BCUT2D eigenvalue weighted by Gasteiger charge is -2.03. The van der Waals surface area contributed by atoms with Crippen molar-refractivity contribution < 1.29 is 14.1 Å². The fraction of sp³-hybridized carbons (Fsp3) is 0.125. The van der Waals surface area contributed by atoms with Crippen LogP contribution >= 0.6 is 27.5 Å². The average molecular weight is 296 g/mol. The normalized spacial score (nSPS) is 10.1. The molecule has 0 atom stereocenters. The van der Waals surface area contributed by atoms with Crippen LogP contribution in [0.25, 0.3) is 0 Å². The molecule has 15 heavy (non-hydrogen) atoms. The van der Waals surface area contributed by atoms with Gasteiger partial charge in [-0.2, -0.15) is 4.39 Å². The molecule has 0 radical (unpaired) electrons. The van der Waals surface area contributed by atoms with E-state index in [2.05, 4.69) is 15.9 Å². The van der Waals surface area contributed by atoms with Crippen molar-refractivity contribution in [2.24, 2.45) is 0 Å². The number of benzene rings is 1. The summed E-state index contributed by atoms with van der Waals surface area (Å²) in [6.45, 7) is 0. The number of nitro benzene ring substituents is 1. The van der Waals surface area contributed by atoms with Crippen LogP contribution in [0.2, 0.25) is 0 Å². The molecule has 4 nitrogen and oxygen atoms in total. The molecule has 1 aromatic rings. The Morgan fingerprint density at radius 1 is 1.60 bits per heavy atom. The number of carbonyl (C=O) groups excluding carboxylic acids is 1. The van der Waals surface area contributed by atoms with Crippen molar-refractivity contribution in [3.05, 3.63) is 38.1 Å². The predicted octanol–water partition coefficient (Wildman–Crippen LogP) is 2.92. The Labute approximate surface area is 97.3 Å². The Hall–Kier alpha value is -1.01. The predicted molar refractivity (Wildman–Crippen MR) is 55.8 cm³/mol. The molecule has 0 fully saturated rings. The second-order valence-electron chi connectivity index (χ2n) is 2.57. The summed E-state index contributed by atoms with van der Waals surface area (Å²) < 4.78 is 13.3. The van der Waals surface area contributed by atoms with E-state index in [4.69, 9.17) is 11.6 Å². The highest BCUT2D eigenvalue weighted by molar-refractivity contribution is 9.10. The quantitative estimate of drug-likeness (QED) is 0.373. The zero-order valence-electron chi connectivity index (χ0n) is 7.17. The van der Waals surface area contributed by atoms with Crippen molar-refractivity contribution in [2.75, 3.05) is 5.88 Å². The molecule has 0 aliphatic heterocycles. The monoisotopic (exact) mass is 295 g/mol. The second kappa shape index (κ2) is 4.67. The summed E-state index contributed by atoms with van der Waals surface area (Å²) in [7, 11) is 0. The first-order chi connectivity index (χ1) is 6.99. The molecule has 0 saturated carbocycles. The third kappa shape index (κ3) is 2.32. The van der Waals surface area contributed by atoms with Crippen LogP contribution in [0.3, 0.4) is 0 Å². The van der Waals surface area contributed by atoms with Crippen LogP contribution in [0.5, 0.6) is 0 Å². The number of hydrogen-bond donors (Lipinski definition) is 0. The first-order valence-electron chi connectivity index (χ1n) is 3.70. The number of nitrogens with zero attached hydrogens (tertiary/aromatic N) is 1. The summed E-state index contributed by atoms with van der Waals surface area (Å²) in [6.07, 6.45) is 0. The van der Waals surface area contributed by atoms with Gasteiger partial charge in [0.25, 0.3) is 0 Å². The third-order valence-electron chi connectivity index (χ3n) is 1.66. The molecule has 1 aromatic carbocycles. The highest BCUT2D eigenvalue weighted by Crippen LogP contribution is 2.30. The number of Topliss-reactive ketones (excluding diaryl/α,β-unsaturated/α-hetero) is 1. The molecule has 0 aliphatic carbocycles. The molecule has 80 valence electrons. The highest BCUT2D eigenvalue weighted by Gasteiger charge is 2.27. The summed E-state index contributed by atoms with van der Waals surface area (Å²) in [5, 5.41) is 10.6. The van der Waals surface area contributed by atoms with E-state index in [0.29, 0.717) is 0 Å². The van der Waals surface area contributed by atoms with Gasteiger partial charge in [0.2, 0.25) is 5.82 Å². The first-order valence-corrected chi connectivity index (χ1v) is 5.03. The minimum absolute atomic E-state index is 0.154. The summed E-state index contributed by atoms with van der Waals surface area (Å²) in [6, 6.07) is 2.13. The van der Waals surface area contributed by atoms with Crippen LogP contribution in [-0.4, -0.2) is 16.6 Å². The van der Waals surface area contributed by atoms with E-state index in [0.717, 1.165) is 6.07 Å². The lowest BCUT2D eigenvalue weighted by Crippen LogP contribution is -2.08. The summed E-state index contributed by atoms with van der Waals surface area (Å²) >= 11 is 8.21. The molecular weight excluding hydrogens is 292 g/mol. The van der Waals surface area contributed by atoms with Crippen molar-refractivity contribution in [3.8, 4) is 0 Å². The fourth-order valence-corrected chi connectivity index (χ4v) is 1.73. The number of nitro groups is 1. The van der Waals surface area contributed by atoms with E-state index in [1.807, 2.05) is 0 Å². The molecular formula is C8H4BrClFNO3. The number of ketones is 1. The van der Waals surface area contributed by atoms with Gasteiger partial charge in [0, 0.05) is 4.47 Å². The van der Waals surface area contributed by atoms with Crippen molar-refractivity contribution in [2.45, 2.75) is 0 Å². The molecule has 0 aromatic heterocycles. The zero-order valence-corrected chi connectivity index (χ0v) is 9.51. The van der Waals surface area contributed by atoms with Gasteiger partial charge < -0.3 is 0 Å². The molecule has 0 unspecified atom stereocenters. The van der Waals surface area contributed by atoms with E-state index in [1.54, 1.807) is 0 Å². The Balaban J connectivity index is 3.52. The van der Waals surface area contributed by atoms with Gasteiger partial charge in [0.05, 0.1) is 10.8 Å². The smallest absolute Gasteiger partial charge is 0.293 e. The van der Waals surface area contributed by atoms with Gasteiger partial charge in [-0.1, -0.05) is 0 Å². The van der Waals surface area contributed by atoms with Gasteiger partial charge in [-0.25, -0.2) is 0 Å². The Morgan fingerprint density at radius 3 is 2.67 bits per heavy atom. The van der Waals surface area contributed by atoms with Gasteiger partial charge in [-0.3, -0.25) is 14.9 Å². The Kier molecular flexibility index (Phi) is 3.76. The topological polar surface area (TPSA) is 60.2 Å². The van der Waals surface area contributed by atoms with E-state index in [9.17, 15) is 19.3 Å². The van der Waals surface area contributed by atoms with Crippen molar-refractivity contribution >= 4 is 39.0 Å². The van der Waals surface area contributed by atoms with Crippen LogP contribution < -0.4 is 0 Å². The molecule has 0 bridgehead atoms. The van der Waals surface area contributed by atoms with Crippen molar-refractivity contribution in [1.29, 1.82) is 0 Å². The van der Waals surface area contributed by atoms with Crippen LogP contribution in [0.4, 0.5) is 10.1 Å². The maximum absolute atomic E-state index is 13.1. The van der Waals surface area contributed by atoms with Gasteiger partial charge in [0.15, 0.2) is 5.78 Å². The van der Waals surface area contributed by atoms with Gasteiger partial charge >= 0.3 is 5.69 Å². The average Bonchev–Trinajstić information content (AvgIpc) is 2.19. The molecule has 0 heterocycles. The maximum Gasteiger partial charge on any atom is 0.316 e. The minimum atomic E-state index is -1.06. The Morgan fingerprint density at radius 2 is 2.20 bits per heavy atom. The zero-order chi connectivity index (χ0) is 11.6. The molecule has 1 rings (SSSR count). The first kappa shape index (κ1) is 12.1. The number of carbonyl (C=O) groups is 1. The molecule has 0 amide bonds. The fourth-order valence-electron chi connectivity index (χ4n) is 1.05. The van der Waals surface area contributed by atoms with Gasteiger partial charge in [-0.05, 0) is 28.1 Å². The standard InChI is InChI=1S/C8H4BrClFNO3/c9-4-1-2-5(11)8(12(14)15)7(4)6(13)3-10/h1-2H,3H2. The maximum atomic E-state index is 13.1. The van der Waals surface area contributed by atoms with Crippen molar-refractivity contribution in [1.82, 2.24) is 0 Å². The largest absolute Gasteiger partial charge is 0.316 e. The minimum Gasteiger partial charge on any atom is -0.293 e. The van der Waals surface area contributed by atoms with Crippen LogP contribution in [0.15, 0.2) is 16.6 Å². The number of halogens is 3. The summed E-state index contributed by atoms with van der Waals surface area (Å²) in [5.74, 6) is -2.20. The lowest BCUT2D eigenvalue weighted by molar-refractivity contribution is -0.387. The molecule has 0 N–H and O–H groups in total. The van der Waals surface area contributed by atoms with Crippen molar-refractivity contribution in [3.63, 3.8) is 0 Å². The second-order valence-corrected chi connectivity index (χ2v) is 3.69. The van der Waals surface area contributed by atoms with Gasteiger partial charge in [0.1, 0.15) is 5.56 Å². The van der Waals surface area contributed by atoms with Gasteiger partial charge in [-0.15, -0.1) is 11.6 Å². The van der Waals surface area contributed by atoms with E-state index in [-0.39, 0.29) is 10.0 Å². The molecule has 0 saturated heterocycles. The van der Waals surface area contributed by atoms with Crippen LogP contribution in [0.1, 0.15) is 10.4 Å². The number of alkyl halides is 1. The number of rotatable bonds is 3. The van der Waals surface area contributed by atoms with E-state index in [1.165, 1.54) is 6.07 Å². The third-order valence-corrected chi connectivity index (χ3v) is 2.56. The summed E-state index contributed by atoms with van der Waals surface area (Å²) in [5.41, 5.74) is -1.19. The lowest BCUT2D eigenvalue weighted by atomic mass is 10.1. The SMILES string of the molecule is O=C(CCl)c1c(Br)ccc(F)c1[N+](=O)[O-]. The molecule has 7 heteroatoms.